The average molecular weight is 1030 g/mol. The number of hydrogen-bond donors (Lipinski definition) is 5. The second-order valence-corrected chi connectivity index (χ2v) is 22.7. The topological polar surface area (TPSA) is 270 Å². The van der Waals surface area contributed by atoms with E-state index in [0.29, 0.717) is 63.3 Å². The number of imidazole rings is 1. The molecule has 3 aromatic carbocycles. The summed E-state index contributed by atoms with van der Waals surface area (Å²) in [6.07, 6.45) is 4.04. The number of ether oxygens (including phenoxy) is 2. The molecular weight excluding hydrogens is 969 g/mol. The van der Waals surface area contributed by atoms with Crippen LogP contribution >= 0.6 is 0 Å². The number of nitrogens with one attached hydrogen (secondary N) is 4. The van der Waals surface area contributed by atoms with Gasteiger partial charge < -0.3 is 35.7 Å². The van der Waals surface area contributed by atoms with Crippen molar-refractivity contribution < 1.29 is 46.7 Å². The largest absolute Gasteiger partial charge is 0.487 e. The molecule has 0 spiro atoms. The van der Waals surface area contributed by atoms with E-state index >= 15 is 4.79 Å². The van der Waals surface area contributed by atoms with Gasteiger partial charge in [-0.1, -0.05) is 30.3 Å². The zero-order valence-electron chi connectivity index (χ0n) is 42.8. The molecule has 5 aromatic rings. The van der Waals surface area contributed by atoms with Gasteiger partial charge in [0.1, 0.15) is 53.3 Å². The quantitative estimate of drug-likeness (QED) is 0.0483. The first kappa shape index (κ1) is 51.4. The van der Waals surface area contributed by atoms with Crippen molar-refractivity contribution in [2.75, 3.05) is 13.1 Å². The number of aromatic nitrogens is 3. The summed E-state index contributed by atoms with van der Waals surface area (Å²) in [7, 11) is -4.22. The number of imide groups is 1. The van der Waals surface area contributed by atoms with Gasteiger partial charge in [-0.2, -0.15) is 0 Å². The lowest BCUT2D eigenvalue weighted by Crippen LogP contribution is -2.58. The lowest BCUT2D eigenvalue weighted by Gasteiger charge is -2.33. The van der Waals surface area contributed by atoms with Crippen LogP contribution in [0.3, 0.4) is 0 Å². The highest BCUT2D eigenvalue weighted by molar-refractivity contribution is 7.90. The van der Waals surface area contributed by atoms with E-state index in [2.05, 4.69) is 30.3 Å². The number of nitrogens with zero attached hydrogens (tertiary/aromatic N) is 5. The molecule has 0 saturated carbocycles. The highest BCUT2D eigenvalue weighted by Crippen LogP contribution is 2.44. The predicted octanol–water partition coefficient (Wildman–Crippen LogP) is 4.13. The van der Waals surface area contributed by atoms with E-state index in [1.54, 1.807) is 57.5 Å². The molecule has 0 unspecified atom stereocenters. The van der Waals surface area contributed by atoms with Crippen molar-refractivity contribution in [2.24, 2.45) is 10.7 Å². The number of aliphatic imine (C=N–C) groups is 1. The molecule has 5 amide bonds. The summed E-state index contributed by atoms with van der Waals surface area (Å²) >= 11 is 0. The van der Waals surface area contributed by atoms with E-state index in [4.69, 9.17) is 15.2 Å². The van der Waals surface area contributed by atoms with Crippen molar-refractivity contribution in [3.05, 3.63) is 106 Å². The van der Waals surface area contributed by atoms with Crippen LogP contribution < -0.4 is 25.8 Å². The van der Waals surface area contributed by atoms with Crippen molar-refractivity contribution in [2.45, 2.75) is 141 Å². The van der Waals surface area contributed by atoms with Crippen LogP contribution in [0.1, 0.15) is 115 Å². The Bertz CT molecular complexity index is 3260. The van der Waals surface area contributed by atoms with Crippen LogP contribution in [0.5, 0.6) is 5.75 Å². The molecule has 0 aliphatic carbocycles. The molecule has 6 heterocycles. The zero-order valence-corrected chi connectivity index (χ0v) is 43.6. The molecule has 4 aliphatic rings. The Morgan fingerprint density at radius 1 is 0.919 bits per heavy atom. The molecular formula is C53H62N10O10S. The number of amides is 5. The fourth-order valence-corrected chi connectivity index (χ4v) is 12.1. The van der Waals surface area contributed by atoms with Gasteiger partial charge in [0, 0.05) is 60.6 Å². The maximum atomic E-state index is 15.3. The monoisotopic (exact) mass is 1030 g/mol. The SMILES string of the molecule is Cc1c(C)c(S(=O)(=O)NC(N)=NCCC[C@@H]2NC(=O)[C@@H]3CCCN3C(=O)[C@@H](N3C(=O)c4ccccc4C3=O)Cc3c([nH]c4ccccc34)-n3cnc(c3)C[C@@H](C(=O)OC(C)(C)C)NC2=O)c(C)c2c1OC(C)(C)C2. The molecule has 9 rings (SSSR count). The molecule has 390 valence electrons. The van der Waals surface area contributed by atoms with Gasteiger partial charge in [0.15, 0.2) is 0 Å². The number of carbonyl (C=O) groups is 6. The van der Waals surface area contributed by atoms with E-state index in [0.717, 1.165) is 10.5 Å². The Kier molecular flexibility index (Phi) is 13.4. The van der Waals surface area contributed by atoms with Crippen LogP contribution in [0.15, 0.2) is 70.9 Å². The van der Waals surface area contributed by atoms with E-state index < -0.39 is 86.9 Å². The van der Waals surface area contributed by atoms with Crippen molar-refractivity contribution in [3.63, 3.8) is 0 Å². The fourth-order valence-electron chi connectivity index (χ4n) is 10.6. The summed E-state index contributed by atoms with van der Waals surface area (Å²) in [6.45, 7) is 14.3. The van der Waals surface area contributed by atoms with Crippen LogP contribution in [-0.4, -0.2) is 123 Å². The Hall–Kier alpha value is -7.55. The Balaban J connectivity index is 1.04. The number of fused-ring (bicyclic) bond motifs is 9. The molecule has 6 N–H and O–H groups in total. The number of nitrogens with two attached hydrogens (primary N) is 1. The summed E-state index contributed by atoms with van der Waals surface area (Å²) in [5.74, 6) is -3.35. The smallest absolute Gasteiger partial charge is 0.329 e. The standard InChI is InChI=1S/C53H62N10O10S/c1-28-29(2)43(30(3)36-25-53(7,8)72-42(28)36)74(70,71)60-51(54)55-21-13-19-38-45(64)59-39(50(69)73-52(4,5)6)23-31-26-61(27-56-31)44-35(32-15-11-12-18-37(32)57-44)24-41(49(68)62-22-14-20-40(62)46(65)58-38)63-47(66)33-16-9-10-17-34(33)48(63)67/h9-12,15-18,26-27,38-41,57H,13-14,19-25H2,1-8H3,(H,58,65)(H,59,64)(H3,54,55,60)/t38-,39-,40-,41-/m0/s1. The maximum absolute atomic E-state index is 15.3. The zero-order chi connectivity index (χ0) is 53.2. The van der Waals surface area contributed by atoms with Gasteiger partial charge in [-0.05, 0) is 116 Å². The summed E-state index contributed by atoms with van der Waals surface area (Å²) in [4.78, 5) is 102. The van der Waals surface area contributed by atoms with Crippen molar-refractivity contribution in [3.8, 4) is 11.6 Å². The third-order valence-corrected chi connectivity index (χ3v) is 15.8. The summed E-state index contributed by atoms with van der Waals surface area (Å²) in [5.41, 5.74) is 9.29. The number of sulfonamides is 1. The van der Waals surface area contributed by atoms with Crippen molar-refractivity contribution >= 4 is 62.4 Å². The third kappa shape index (κ3) is 9.83. The highest BCUT2D eigenvalue weighted by atomic mass is 32.2. The number of rotatable bonds is 8. The van der Waals surface area contributed by atoms with E-state index in [1.807, 2.05) is 45.0 Å². The van der Waals surface area contributed by atoms with Crippen molar-refractivity contribution in [1.82, 2.24) is 39.7 Å². The lowest BCUT2D eigenvalue weighted by atomic mass is 9.94. The predicted molar refractivity (Wildman–Crippen MR) is 273 cm³/mol. The summed E-state index contributed by atoms with van der Waals surface area (Å²) in [6, 6.07) is 8.61. The third-order valence-electron chi connectivity index (χ3n) is 14.1. The normalized spacial score (nSPS) is 21.4. The minimum Gasteiger partial charge on any atom is -0.487 e. The average Bonchev–Trinajstić information content (AvgIpc) is 4.18. The van der Waals surface area contributed by atoms with Gasteiger partial charge in [0.25, 0.3) is 21.8 Å². The maximum Gasteiger partial charge on any atom is 0.329 e. The summed E-state index contributed by atoms with van der Waals surface area (Å²) in [5, 5.41) is 6.35. The number of hydrogen-bond acceptors (Lipinski definition) is 12. The van der Waals surface area contributed by atoms with E-state index in [-0.39, 0.29) is 61.2 Å². The second-order valence-electron chi connectivity index (χ2n) is 21.1. The van der Waals surface area contributed by atoms with Crippen molar-refractivity contribution in [1.29, 1.82) is 0 Å². The minimum atomic E-state index is -4.22. The Morgan fingerprint density at radius 3 is 2.31 bits per heavy atom. The number of benzene rings is 3. The molecule has 0 radical (unpaired) electrons. The van der Waals surface area contributed by atoms with Crippen LogP contribution in [0.25, 0.3) is 16.7 Å². The number of guanidine groups is 1. The van der Waals surface area contributed by atoms with Crippen LogP contribution in [0, 0.1) is 20.8 Å². The highest BCUT2D eigenvalue weighted by Gasteiger charge is 2.48. The van der Waals surface area contributed by atoms with Gasteiger partial charge in [-0.25, -0.2) is 22.9 Å². The molecule has 4 aliphatic heterocycles. The van der Waals surface area contributed by atoms with Gasteiger partial charge in [-0.3, -0.25) is 38.4 Å². The first-order valence-electron chi connectivity index (χ1n) is 24.8. The number of H-pyrrole nitrogens is 1. The molecule has 1 fully saturated rings. The van der Waals surface area contributed by atoms with Gasteiger partial charge in [-0.15, -0.1) is 0 Å². The molecule has 74 heavy (non-hydrogen) atoms. The molecule has 2 bridgehead atoms. The second kappa shape index (κ2) is 19.4. The number of aromatic amines is 1. The van der Waals surface area contributed by atoms with E-state index in [9.17, 15) is 32.4 Å². The number of esters is 1. The van der Waals surface area contributed by atoms with E-state index in [1.165, 1.54) is 23.4 Å². The molecule has 4 atom stereocenters. The van der Waals surface area contributed by atoms with Gasteiger partial charge in [0.05, 0.1) is 21.7 Å². The molecule has 1 saturated heterocycles. The van der Waals surface area contributed by atoms with Crippen LogP contribution in [0.4, 0.5) is 0 Å². The number of para-hydroxylation sites is 1. The summed E-state index contributed by atoms with van der Waals surface area (Å²) < 4.78 is 43.9. The Morgan fingerprint density at radius 2 is 1.61 bits per heavy atom. The fraction of sp³-hybridized carbons (Fsp3) is 0.434. The molecule has 2 aromatic heterocycles. The minimum absolute atomic E-state index is 0.0746. The molecule has 21 heteroatoms. The van der Waals surface area contributed by atoms with Crippen LogP contribution in [-0.2, 0) is 53.2 Å². The first-order valence-corrected chi connectivity index (χ1v) is 26.3. The first-order chi connectivity index (χ1) is 34.9. The Labute approximate surface area is 428 Å². The number of carbonyl (C=O) groups excluding carboxylic acids is 6. The lowest BCUT2D eigenvalue weighted by molar-refractivity contribution is -0.158. The van der Waals surface area contributed by atoms with Gasteiger partial charge in [0.2, 0.25) is 23.7 Å². The van der Waals surface area contributed by atoms with Crippen LogP contribution in [0.2, 0.25) is 0 Å². The van der Waals surface area contributed by atoms with Gasteiger partial charge >= 0.3 is 5.97 Å². The molecule has 20 nitrogen and oxygen atoms in total.